The van der Waals surface area contributed by atoms with E-state index in [1.807, 2.05) is 19.9 Å². The summed E-state index contributed by atoms with van der Waals surface area (Å²) in [5, 5.41) is 4.96. The van der Waals surface area contributed by atoms with Crippen LogP contribution in [0.3, 0.4) is 0 Å². The fraction of sp³-hybridized carbons (Fsp3) is 0.429. The fourth-order valence-electron chi connectivity index (χ4n) is 2.04. The van der Waals surface area contributed by atoms with Crippen molar-refractivity contribution in [3.8, 4) is 0 Å². The average Bonchev–Trinajstić information content (AvgIpc) is 3.06. The highest BCUT2D eigenvalue weighted by molar-refractivity contribution is 7.89. The quantitative estimate of drug-likeness (QED) is 0.780. The van der Waals surface area contributed by atoms with Crippen molar-refractivity contribution in [1.82, 2.24) is 10.0 Å². The molecule has 0 bridgehead atoms. The zero-order chi connectivity index (χ0) is 15.3. The molecule has 1 atom stereocenters. The van der Waals surface area contributed by atoms with Crippen molar-refractivity contribution in [2.24, 2.45) is 0 Å². The van der Waals surface area contributed by atoms with Crippen LogP contribution in [0.1, 0.15) is 24.5 Å². The number of nitrogens with one attached hydrogen (secondary N) is 2. The molecule has 0 amide bonds. The lowest BCUT2D eigenvalue weighted by Gasteiger charge is -2.13. The van der Waals surface area contributed by atoms with Gasteiger partial charge in [-0.1, -0.05) is 6.92 Å². The molecule has 2 aromatic rings. The zero-order valence-electron chi connectivity index (χ0n) is 12.1. The molecule has 5 nitrogen and oxygen atoms in total. The molecule has 2 aromatic heterocycles. The Morgan fingerprint density at radius 2 is 2.19 bits per heavy atom. The molecule has 0 saturated carbocycles. The zero-order valence-corrected chi connectivity index (χ0v) is 13.8. The van der Waals surface area contributed by atoms with Gasteiger partial charge >= 0.3 is 0 Å². The highest BCUT2D eigenvalue weighted by atomic mass is 32.2. The molecule has 0 aromatic carbocycles. The molecule has 0 aliphatic carbocycles. The topological polar surface area (TPSA) is 71.3 Å². The average molecular weight is 328 g/mol. The van der Waals surface area contributed by atoms with E-state index in [-0.39, 0.29) is 6.04 Å². The summed E-state index contributed by atoms with van der Waals surface area (Å²) in [6.45, 7) is 5.19. The highest BCUT2D eigenvalue weighted by Crippen LogP contribution is 2.22. The van der Waals surface area contributed by atoms with Crippen molar-refractivity contribution in [3.63, 3.8) is 0 Å². The predicted molar refractivity (Wildman–Crippen MR) is 83.9 cm³/mol. The normalized spacial score (nSPS) is 13.4. The molecule has 21 heavy (non-hydrogen) atoms. The maximum Gasteiger partial charge on any atom is 0.241 e. The first-order chi connectivity index (χ1) is 10.0. The first-order valence-corrected chi connectivity index (χ1v) is 9.21. The van der Waals surface area contributed by atoms with Crippen LogP contribution in [-0.2, 0) is 23.0 Å². The van der Waals surface area contributed by atoms with E-state index in [1.54, 1.807) is 23.8 Å². The third kappa shape index (κ3) is 4.41. The molecule has 0 fully saturated rings. The van der Waals surface area contributed by atoms with Crippen LogP contribution in [0.15, 0.2) is 39.2 Å². The summed E-state index contributed by atoms with van der Waals surface area (Å²) < 4.78 is 32.9. The Hall–Kier alpha value is -1.15. The summed E-state index contributed by atoms with van der Waals surface area (Å²) in [5.41, 5.74) is 0. The lowest BCUT2D eigenvalue weighted by Crippen LogP contribution is -2.34. The summed E-state index contributed by atoms with van der Waals surface area (Å²) in [6.07, 6.45) is 2.11. The second-order valence-corrected chi connectivity index (χ2v) is 7.48. The minimum Gasteiger partial charge on any atom is -0.469 e. The molecular formula is C14H20N2O3S2. The largest absolute Gasteiger partial charge is 0.469 e. The van der Waals surface area contributed by atoms with E-state index in [4.69, 9.17) is 4.42 Å². The summed E-state index contributed by atoms with van der Waals surface area (Å²) in [7, 11) is -3.50. The molecule has 0 aliphatic heterocycles. The monoisotopic (exact) mass is 328 g/mol. The van der Waals surface area contributed by atoms with Gasteiger partial charge in [0, 0.05) is 23.9 Å². The van der Waals surface area contributed by atoms with E-state index in [0.29, 0.717) is 17.9 Å². The van der Waals surface area contributed by atoms with Crippen LogP contribution < -0.4 is 10.0 Å². The van der Waals surface area contributed by atoms with Gasteiger partial charge in [0.15, 0.2) is 0 Å². The molecule has 0 spiro atoms. The van der Waals surface area contributed by atoms with Gasteiger partial charge in [0.2, 0.25) is 10.0 Å². The molecule has 116 valence electrons. The van der Waals surface area contributed by atoms with Crippen molar-refractivity contribution in [2.45, 2.75) is 37.8 Å². The van der Waals surface area contributed by atoms with Crippen LogP contribution in [0.4, 0.5) is 0 Å². The standard InChI is InChI=1S/C14H20N2O3S2/c1-3-15-10-13-14(6-8-20-13)21(17,18)16-11(2)9-12-5-4-7-19-12/h4-8,11,15-16H,3,9-10H2,1-2H3. The first-order valence-electron chi connectivity index (χ1n) is 6.84. The van der Waals surface area contributed by atoms with Crippen molar-refractivity contribution in [1.29, 1.82) is 0 Å². The van der Waals surface area contributed by atoms with E-state index in [1.165, 1.54) is 11.3 Å². The number of hydrogen-bond donors (Lipinski definition) is 2. The fourth-order valence-corrected chi connectivity index (χ4v) is 4.69. The van der Waals surface area contributed by atoms with Crippen LogP contribution in [0.25, 0.3) is 0 Å². The third-order valence-corrected chi connectivity index (χ3v) is 5.70. The first kappa shape index (κ1) is 16.2. The van der Waals surface area contributed by atoms with Gasteiger partial charge in [0.05, 0.1) is 11.2 Å². The number of furan rings is 1. The van der Waals surface area contributed by atoms with E-state index >= 15 is 0 Å². The number of thiophene rings is 1. The van der Waals surface area contributed by atoms with Gasteiger partial charge in [-0.2, -0.15) is 0 Å². The summed E-state index contributed by atoms with van der Waals surface area (Å²) in [5.74, 6) is 0.767. The molecule has 0 radical (unpaired) electrons. The van der Waals surface area contributed by atoms with Crippen molar-refractivity contribution >= 4 is 21.4 Å². The van der Waals surface area contributed by atoms with Gasteiger partial charge in [-0.25, -0.2) is 13.1 Å². The maximum atomic E-state index is 12.5. The molecular weight excluding hydrogens is 308 g/mol. The molecule has 0 aliphatic rings. The summed E-state index contributed by atoms with van der Waals surface area (Å²) >= 11 is 1.45. The molecule has 2 N–H and O–H groups in total. The van der Waals surface area contributed by atoms with Crippen molar-refractivity contribution in [2.75, 3.05) is 6.54 Å². The van der Waals surface area contributed by atoms with Crippen molar-refractivity contribution in [3.05, 3.63) is 40.5 Å². The lowest BCUT2D eigenvalue weighted by molar-refractivity contribution is 0.479. The maximum absolute atomic E-state index is 12.5. The molecule has 7 heteroatoms. The minimum atomic E-state index is -3.50. The SMILES string of the molecule is CCNCc1sccc1S(=O)(=O)NC(C)Cc1ccco1. The smallest absolute Gasteiger partial charge is 0.241 e. The molecule has 2 rings (SSSR count). The Labute approximate surface area is 129 Å². The van der Waals surface area contributed by atoms with Crippen LogP contribution in [-0.4, -0.2) is 21.0 Å². The molecule has 2 heterocycles. The van der Waals surface area contributed by atoms with Crippen LogP contribution in [0, 0.1) is 0 Å². The van der Waals surface area contributed by atoms with Crippen LogP contribution >= 0.6 is 11.3 Å². The summed E-state index contributed by atoms with van der Waals surface area (Å²) in [6, 6.07) is 5.06. The Morgan fingerprint density at radius 3 is 2.86 bits per heavy atom. The van der Waals surface area contributed by atoms with Crippen LogP contribution in [0.5, 0.6) is 0 Å². The minimum absolute atomic E-state index is 0.229. The summed E-state index contributed by atoms with van der Waals surface area (Å²) in [4.78, 5) is 1.19. The van der Waals surface area contributed by atoms with Gasteiger partial charge in [-0.05, 0) is 37.0 Å². The van der Waals surface area contributed by atoms with Gasteiger partial charge < -0.3 is 9.73 Å². The van der Waals surface area contributed by atoms with Gasteiger partial charge in [-0.15, -0.1) is 11.3 Å². The van der Waals surface area contributed by atoms with E-state index in [9.17, 15) is 8.42 Å². The Balaban J connectivity index is 2.05. The Morgan fingerprint density at radius 1 is 1.38 bits per heavy atom. The number of hydrogen-bond acceptors (Lipinski definition) is 5. The number of sulfonamides is 1. The van der Waals surface area contributed by atoms with Gasteiger partial charge in [0.1, 0.15) is 5.76 Å². The number of rotatable bonds is 8. The highest BCUT2D eigenvalue weighted by Gasteiger charge is 2.22. The van der Waals surface area contributed by atoms with Crippen molar-refractivity contribution < 1.29 is 12.8 Å². The van der Waals surface area contributed by atoms with Gasteiger partial charge in [0.25, 0.3) is 0 Å². The molecule has 1 unspecified atom stereocenters. The third-order valence-electron chi connectivity index (χ3n) is 2.97. The van der Waals surface area contributed by atoms with Gasteiger partial charge in [-0.3, -0.25) is 0 Å². The lowest BCUT2D eigenvalue weighted by atomic mass is 10.2. The molecule has 0 saturated heterocycles. The van der Waals surface area contributed by atoms with E-state index in [0.717, 1.165) is 17.2 Å². The van der Waals surface area contributed by atoms with E-state index < -0.39 is 10.0 Å². The predicted octanol–water partition coefficient (Wildman–Crippen LogP) is 2.36. The Kier molecular flexibility index (Phi) is 5.58. The Bertz CT molecular complexity index is 648. The van der Waals surface area contributed by atoms with Crippen LogP contribution in [0.2, 0.25) is 0 Å². The van der Waals surface area contributed by atoms with E-state index in [2.05, 4.69) is 10.0 Å². The second kappa shape index (κ2) is 7.22. The second-order valence-electron chi connectivity index (χ2n) is 4.79.